The van der Waals surface area contributed by atoms with Crippen molar-refractivity contribution in [1.29, 1.82) is 0 Å². The molecule has 0 bridgehead atoms. The van der Waals surface area contributed by atoms with Gasteiger partial charge in [-0.1, -0.05) is 0 Å². The molecule has 8 heteroatoms. The van der Waals surface area contributed by atoms with Crippen LogP contribution in [0.3, 0.4) is 0 Å². The molecule has 0 aliphatic carbocycles. The first-order valence-corrected chi connectivity index (χ1v) is 7.00. The lowest BCUT2D eigenvalue weighted by atomic mass is 10.1. The molecule has 0 amide bonds. The van der Waals surface area contributed by atoms with Crippen molar-refractivity contribution in [3.8, 4) is 0 Å². The Hall–Kier alpha value is -1.35. The van der Waals surface area contributed by atoms with E-state index in [2.05, 4.69) is 11.8 Å². The summed E-state index contributed by atoms with van der Waals surface area (Å²) in [5, 5.41) is 8.91. The Balaban J connectivity index is 0.000000555. The molecule has 19 heavy (non-hydrogen) atoms. The van der Waals surface area contributed by atoms with E-state index >= 15 is 0 Å². The van der Waals surface area contributed by atoms with E-state index in [0.717, 1.165) is 23.5 Å². The van der Waals surface area contributed by atoms with Crippen LogP contribution >= 0.6 is 0 Å². The summed E-state index contributed by atoms with van der Waals surface area (Å²) in [4.78, 5) is 2.13. The van der Waals surface area contributed by atoms with Crippen molar-refractivity contribution in [3.63, 3.8) is 0 Å². The quantitative estimate of drug-likeness (QED) is 0.476. The molecule has 0 radical (unpaired) electrons. The summed E-state index contributed by atoms with van der Waals surface area (Å²) in [6.45, 7) is 5.85. The van der Waals surface area contributed by atoms with E-state index < -0.39 is 10.4 Å². The van der Waals surface area contributed by atoms with Gasteiger partial charge in [0, 0.05) is 24.5 Å². The maximum Gasteiger partial charge on any atom is 0.394 e. The highest BCUT2D eigenvalue weighted by Crippen LogP contribution is 2.21. The molecule has 0 heterocycles. The minimum absolute atomic E-state index is 0.178. The zero-order valence-electron chi connectivity index (χ0n) is 10.9. The molecule has 110 valence electrons. The molecule has 0 aliphatic rings. The van der Waals surface area contributed by atoms with E-state index in [4.69, 9.17) is 28.4 Å². The zero-order chi connectivity index (χ0) is 15.1. The first kappa shape index (κ1) is 17.6. The van der Waals surface area contributed by atoms with Crippen LogP contribution < -0.4 is 10.6 Å². The number of aliphatic hydroxyl groups excluding tert-OH is 1. The molecule has 0 saturated carbocycles. The van der Waals surface area contributed by atoms with Gasteiger partial charge in [0.05, 0.1) is 6.61 Å². The number of anilines is 2. The highest BCUT2D eigenvalue weighted by Gasteiger charge is 2.06. The molecular formula is C11H20N2O5S. The van der Waals surface area contributed by atoms with Crippen LogP contribution in [0.15, 0.2) is 18.2 Å². The minimum Gasteiger partial charge on any atom is -0.399 e. The molecule has 0 saturated heterocycles. The first-order chi connectivity index (χ1) is 8.69. The van der Waals surface area contributed by atoms with E-state index in [1.54, 1.807) is 0 Å². The molecule has 0 fully saturated rings. The van der Waals surface area contributed by atoms with Crippen LogP contribution in [0.1, 0.15) is 12.5 Å². The van der Waals surface area contributed by atoms with Gasteiger partial charge in [0.2, 0.25) is 0 Å². The molecule has 1 aromatic carbocycles. The van der Waals surface area contributed by atoms with Gasteiger partial charge in [-0.05, 0) is 37.6 Å². The lowest BCUT2D eigenvalue weighted by molar-refractivity contribution is 0.302. The van der Waals surface area contributed by atoms with Gasteiger partial charge < -0.3 is 15.7 Å². The molecule has 5 N–H and O–H groups in total. The van der Waals surface area contributed by atoms with Gasteiger partial charge in [0.1, 0.15) is 0 Å². The lowest BCUT2D eigenvalue weighted by Gasteiger charge is -2.24. The second-order valence-electron chi connectivity index (χ2n) is 3.80. The van der Waals surface area contributed by atoms with Crippen molar-refractivity contribution in [1.82, 2.24) is 0 Å². The smallest absolute Gasteiger partial charge is 0.394 e. The van der Waals surface area contributed by atoms with Crippen LogP contribution in [0.5, 0.6) is 0 Å². The van der Waals surface area contributed by atoms with Crippen LogP contribution in [0.4, 0.5) is 11.4 Å². The Bertz CT molecular complexity index is 482. The number of nitrogens with zero attached hydrogens (tertiary/aromatic N) is 1. The largest absolute Gasteiger partial charge is 0.399 e. The fourth-order valence-corrected chi connectivity index (χ4v) is 1.60. The Labute approximate surface area is 113 Å². The summed E-state index contributed by atoms with van der Waals surface area (Å²) in [6.07, 6.45) is 0. The third-order valence-electron chi connectivity index (χ3n) is 2.31. The number of hydrogen-bond donors (Lipinski definition) is 4. The van der Waals surface area contributed by atoms with Gasteiger partial charge in [-0.25, -0.2) is 0 Å². The lowest BCUT2D eigenvalue weighted by Crippen LogP contribution is -2.26. The summed E-state index contributed by atoms with van der Waals surface area (Å²) in [5.74, 6) is 0. The van der Waals surface area contributed by atoms with Crippen molar-refractivity contribution in [2.24, 2.45) is 0 Å². The molecule has 0 spiro atoms. The van der Waals surface area contributed by atoms with Crippen molar-refractivity contribution in [3.05, 3.63) is 23.8 Å². The Morgan fingerprint density at radius 1 is 1.32 bits per heavy atom. The van der Waals surface area contributed by atoms with Gasteiger partial charge in [-0.2, -0.15) is 8.42 Å². The summed E-state index contributed by atoms with van der Waals surface area (Å²) in [5.41, 5.74) is 8.76. The first-order valence-electron chi connectivity index (χ1n) is 5.60. The average molecular weight is 292 g/mol. The van der Waals surface area contributed by atoms with Crippen LogP contribution in [0.2, 0.25) is 0 Å². The number of aliphatic hydroxyl groups is 1. The number of rotatable bonds is 4. The summed E-state index contributed by atoms with van der Waals surface area (Å²) in [7, 11) is -4.67. The SMILES string of the molecule is CCN(CCO)c1ccc(N)cc1C.O=S(=O)(O)O. The summed E-state index contributed by atoms with van der Waals surface area (Å²) < 4.78 is 31.6. The molecule has 7 nitrogen and oxygen atoms in total. The third kappa shape index (κ3) is 8.38. The maximum absolute atomic E-state index is 8.91. The van der Waals surface area contributed by atoms with Crippen molar-refractivity contribution in [2.75, 3.05) is 30.3 Å². The van der Waals surface area contributed by atoms with Crippen LogP contribution in [-0.4, -0.2) is 42.3 Å². The predicted molar refractivity (Wildman–Crippen MR) is 74.7 cm³/mol. The second-order valence-corrected chi connectivity index (χ2v) is 4.69. The molecule has 0 aromatic heterocycles. The van der Waals surface area contributed by atoms with Crippen molar-refractivity contribution in [2.45, 2.75) is 13.8 Å². The molecular weight excluding hydrogens is 272 g/mol. The third-order valence-corrected chi connectivity index (χ3v) is 2.31. The van der Waals surface area contributed by atoms with Gasteiger partial charge in [-0.15, -0.1) is 0 Å². The Kier molecular flexibility index (Phi) is 7.38. The predicted octanol–water partition coefficient (Wildman–Crippen LogP) is 0.743. The zero-order valence-corrected chi connectivity index (χ0v) is 11.8. The molecule has 0 atom stereocenters. The fourth-order valence-electron chi connectivity index (χ4n) is 1.60. The summed E-state index contributed by atoms with van der Waals surface area (Å²) >= 11 is 0. The Morgan fingerprint density at radius 2 is 1.84 bits per heavy atom. The molecule has 0 unspecified atom stereocenters. The van der Waals surface area contributed by atoms with Gasteiger partial charge >= 0.3 is 10.4 Å². The van der Waals surface area contributed by atoms with Gasteiger partial charge in [-0.3, -0.25) is 9.11 Å². The van der Waals surface area contributed by atoms with Crippen LogP contribution in [-0.2, 0) is 10.4 Å². The molecule has 1 aromatic rings. The number of likely N-dealkylation sites (N-methyl/N-ethyl adjacent to an activating group) is 1. The Morgan fingerprint density at radius 3 is 2.21 bits per heavy atom. The van der Waals surface area contributed by atoms with Crippen LogP contribution in [0, 0.1) is 6.92 Å². The van der Waals surface area contributed by atoms with E-state index in [1.165, 1.54) is 0 Å². The number of nitrogen functional groups attached to an aromatic ring is 1. The fraction of sp³-hybridized carbons (Fsp3) is 0.455. The standard InChI is InChI=1S/C11H18N2O.H2O4S/c1-3-13(6-7-14)11-5-4-10(12)8-9(11)2;1-5(2,3)4/h4-5,8,14H,3,6-7,12H2,1-2H3;(H2,1,2,3,4). The normalized spacial score (nSPS) is 10.6. The van der Waals surface area contributed by atoms with E-state index in [1.807, 2.05) is 25.1 Å². The highest BCUT2D eigenvalue weighted by molar-refractivity contribution is 7.79. The maximum atomic E-state index is 8.91. The van der Waals surface area contributed by atoms with Crippen LogP contribution in [0.25, 0.3) is 0 Å². The van der Waals surface area contributed by atoms with Gasteiger partial charge in [0.25, 0.3) is 0 Å². The minimum atomic E-state index is -4.67. The number of aryl methyl sites for hydroxylation is 1. The number of hydrogen-bond acceptors (Lipinski definition) is 5. The highest BCUT2D eigenvalue weighted by atomic mass is 32.3. The van der Waals surface area contributed by atoms with E-state index in [-0.39, 0.29) is 6.61 Å². The topological polar surface area (TPSA) is 124 Å². The van der Waals surface area contributed by atoms with E-state index in [9.17, 15) is 0 Å². The monoisotopic (exact) mass is 292 g/mol. The average Bonchev–Trinajstić information content (AvgIpc) is 2.24. The molecule has 0 aliphatic heterocycles. The van der Waals surface area contributed by atoms with E-state index in [0.29, 0.717) is 6.54 Å². The van der Waals surface area contributed by atoms with Crippen molar-refractivity contribution < 1.29 is 22.6 Å². The number of benzene rings is 1. The van der Waals surface area contributed by atoms with Gasteiger partial charge in [0.15, 0.2) is 0 Å². The number of nitrogens with two attached hydrogens (primary N) is 1. The molecule has 1 rings (SSSR count). The van der Waals surface area contributed by atoms with Crippen molar-refractivity contribution >= 4 is 21.8 Å². The second kappa shape index (κ2) is 7.95. The summed E-state index contributed by atoms with van der Waals surface area (Å²) in [6, 6.07) is 5.85.